The normalized spacial score (nSPS) is 11.5. The fourth-order valence-electron chi connectivity index (χ4n) is 1.09. The molecule has 0 unspecified atom stereocenters. The van der Waals surface area contributed by atoms with E-state index in [-0.39, 0.29) is 5.60 Å². The molecule has 0 aliphatic heterocycles. The molecule has 60 valence electrons. The molecule has 0 aliphatic rings. The van der Waals surface area contributed by atoms with E-state index in [2.05, 4.69) is 20.4 Å². The Morgan fingerprint density at radius 2 is 1.80 bits per heavy atom. The van der Waals surface area contributed by atoms with E-state index < -0.39 is 0 Å². The maximum Gasteiger partial charge on any atom is 0.0854 e. The summed E-state index contributed by atoms with van der Waals surface area (Å²) in [5, 5.41) is 0. The highest BCUT2D eigenvalue weighted by molar-refractivity contribution is 4.95. The van der Waals surface area contributed by atoms with Gasteiger partial charge >= 0.3 is 0 Å². The molecular formula is C9H18O. The molecular weight excluding hydrogens is 124 g/mol. The van der Waals surface area contributed by atoms with Crippen LogP contribution in [0.5, 0.6) is 0 Å². The molecule has 0 aromatic carbocycles. The van der Waals surface area contributed by atoms with Gasteiger partial charge in [0, 0.05) is 6.61 Å². The van der Waals surface area contributed by atoms with Crippen molar-refractivity contribution in [2.24, 2.45) is 0 Å². The summed E-state index contributed by atoms with van der Waals surface area (Å²) in [7, 11) is 0. The largest absolute Gasteiger partial charge is 0.371 e. The van der Waals surface area contributed by atoms with Gasteiger partial charge in [-0.1, -0.05) is 19.9 Å². The second-order valence-corrected chi connectivity index (χ2v) is 2.41. The lowest BCUT2D eigenvalue weighted by atomic mass is 9.97. The molecule has 10 heavy (non-hydrogen) atoms. The Balaban J connectivity index is 4.00. The van der Waals surface area contributed by atoms with Crippen LogP contribution in [0.3, 0.4) is 0 Å². The molecule has 0 N–H and O–H groups in total. The van der Waals surface area contributed by atoms with Gasteiger partial charge in [-0.25, -0.2) is 0 Å². The zero-order valence-electron chi connectivity index (χ0n) is 7.31. The monoisotopic (exact) mass is 142 g/mol. The molecule has 0 heterocycles. The van der Waals surface area contributed by atoms with Crippen LogP contribution < -0.4 is 0 Å². The van der Waals surface area contributed by atoms with Gasteiger partial charge in [-0.3, -0.25) is 0 Å². The molecule has 0 fully saturated rings. The number of rotatable bonds is 5. The molecule has 0 bridgehead atoms. The molecule has 0 atom stereocenters. The summed E-state index contributed by atoms with van der Waals surface area (Å²) in [5.41, 5.74) is -0.0608. The van der Waals surface area contributed by atoms with Crippen LogP contribution >= 0.6 is 0 Å². The van der Waals surface area contributed by atoms with Crippen molar-refractivity contribution in [2.45, 2.75) is 39.2 Å². The van der Waals surface area contributed by atoms with E-state index in [4.69, 9.17) is 4.74 Å². The van der Waals surface area contributed by atoms with Gasteiger partial charge < -0.3 is 4.74 Å². The summed E-state index contributed by atoms with van der Waals surface area (Å²) in [6, 6.07) is 0. The van der Waals surface area contributed by atoms with Crippen LogP contribution in [-0.4, -0.2) is 12.2 Å². The lowest BCUT2D eigenvalue weighted by Crippen LogP contribution is -2.27. The van der Waals surface area contributed by atoms with Crippen molar-refractivity contribution in [3.05, 3.63) is 12.7 Å². The van der Waals surface area contributed by atoms with E-state index >= 15 is 0 Å². The van der Waals surface area contributed by atoms with Gasteiger partial charge in [0.2, 0.25) is 0 Å². The van der Waals surface area contributed by atoms with Gasteiger partial charge in [0.1, 0.15) is 0 Å². The molecule has 0 saturated heterocycles. The van der Waals surface area contributed by atoms with E-state index in [1.54, 1.807) is 0 Å². The second-order valence-electron chi connectivity index (χ2n) is 2.41. The van der Waals surface area contributed by atoms with Crippen molar-refractivity contribution in [3.63, 3.8) is 0 Å². The zero-order chi connectivity index (χ0) is 8.04. The van der Waals surface area contributed by atoms with Gasteiger partial charge in [-0.15, -0.1) is 6.58 Å². The van der Waals surface area contributed by atoms with Gasteiger partial charge in [0.25, 0.3) is 0 Å². The number of hydrogen-bond donors (Lipinski definition) is 0. The Hall–Kier alpha value is -0.300. The summed E-state index contributed by atoms with van der Waals surface area (Å²) < 4.78 is 5.56. The highest BCUT2D eigenvalue weighted by Crippen LogP contribution is 2.20. The Morgan fingerprint density at radius 1 is 1.30 bits per heavy atom. The quantitative estimate of drug-likeness (QED) is 0.536. The summed E-state index contributed by atoms with van der Waals surface area (Å²) in [4.78, 5) is 0. The summed E-state index contributed by atoms with van der Waals surface area (Å²) >= 11 is 0. The lowest BCUT2D eigenvalue weighted by molar-refractivity contribution is -0.00615. The minimum atomic E-state index is -0.0608. The standard InChI is InChI=1S/C9H18O/c1-5-9(6-2,7-3)10-8-4/h5H,1,6-8H2,2-4H3. The van der Waals surface area contributed by atoms with E-state index in [0.29, 0.717) is 0 Å². The van der Waals surface area contributed by atoms with Crippen LogP contribution in [0.25, 0.3) is 0 Å². The highest BCUT2D eigenvalue weighted by atomic mass is 16.5. The van der Waals surface area contributed by atoms with Crippen LogP contribution in [-0.2, 0) is 4.74 Å². The van der Waals surface area contributed by atoms with Gasteiger partial charge in [-0.2, -0.15) is 0 Å². The molecule has 0 amide bonds. The van der Waals surface area contributed by atoms with Gasteiger partial charge in [0.15, 0.2) is 0 Å². The average molecular weight is 142 g/mol. The second kappa shape index (κ2) is 4.51. The summed E-state index contributed by atoms with van der Waals surface area (Å²) in [5.74, 6) is 0. The van der Waals surface area contributed by atoms with Crippen LogP contribution in [0.4, 0.5) is 0 Å². The fourth-order valence-corrected chi connectivity index (χ4v) is 1.09. The zero-order valence-corrected chi connectivity index (χ0v) is 7.31. The smallest absolute Gasteiger partial charge is 0.0854 e. The molecule has 0 spiro atoms. The van der Waals surface area contributed by atoms with Gasteiger partial charge in [-0.05, 0) is 19.8 Å². The van der Waals surface area contributed by atoms with Crippen molar-refractivity contribution in [3.8, 4) is 0 Å². The Labute approximate surface area is 64.1 Å². The molecule has 0 aromatic heterocycles. The topological polar surface area (TPSA) is 9.23 Å². The van der Waals surface area contributed by atoms with Gasteiger partial charge in [0.05, 0.1) is 5.60 Å². The summed E-state index contributed by atoms with van der Waals surface area (Å²) in [6.07, 6.45) is 3.94. The number of ether oxygens (including phenoxy) is 1. The van der Waals surface area contributed by atoms with E-state index in [9.17, 15) is 0 Å². The molecule has 0 radical (unpaired) electrons. The third-order valence-corrected chi connectivity index (χ3v) is 2.00. The molecule has 0 aliphatic carbocycles. The van der Waals surface area contributed by atoms with Crippen LogP contribution in [0, 0.1) is 0 Å². The number of hydrogen-bond acceptors (Lipinski definition) is 1. The minimum Gasteiger partial charge on any atom is -0.371 e. The third-order valence-electron chi connectivity index (χ3n) is 2.00. The molecule has 1 nitrogen and oxygen atoms in total. The lowest BCUT2D eigenvalue weighted by Gasteiger charge is -2.27. The third kappa shape index (κ3) is 2.14. The minimum absolute atomic E-state index is 0.0608. The molecule has 0 saturated carbocycles. The van der Waals surface area contributed by atoms with Crippen LogP contribution in [0.15, 0.2) is 12.7 Å². The van der Waals surface area contributed by atoms with Crippen LogP contribution in [0.1, 0.15) is 33.6 Å². The van der Waals surface area contributed by atoms with Crippen molar-refractivity contribution in [2.75, 3.05) is 6.61 Å². The van der Waals surface area contributed by atoms with E-state index in [1.165, 1.54) is 0 Å². The average Bonchev–Trinajstić information content (AvgIpc) is 2.01. The molecule has 0 aromatic rings. The van der Waals surface area contributed by atoms with Crippen molar-refractivity contribution in [1.82, 2.24) is 0 Å². The first-order chi connectivity index (χ1) is 4.74. The Bertz CT molecular complexity index is 92.9. The first kappa shape index (κ1) is 9.70. The molecule has 0 rings (SSSR count). The Morgan fingerprint density at radius 3 is 1.90 bits per heavy atom. The first-order valence-electron chi connectivity index (χ1n) is 4.02. The highest BCUT2D eigenvalue weighted by Gasteiger charge is 2.20. The maximum absolute atomic E-state index is 5.56. The Kier molecular flexibility index (Phi) is 4.37. The van der Waals surface area contributed by atoms with Crippen molar-refractivity contribution < 1.29 is 4.74 Å². The predicted molar refractivity (Wildman–Crippen MR) is 45.1 cm³/mol. The maximum atomic E-state index is 5.56. The van der Waals surface area contributed by atoms with E-state index in [1.807, 2.05) is 13.0 Å². The fraction of sp³-hybridized carbons (Fsp3) is 0.778. The van der Waals surface area contributed by atoms with Crippen LogP contribution in [0.2, 0.25) is 0 Å². The molecule has 1 heteroatoms. The summed E-state index contributed by atoms with van der Waals surface area (Å²) in [6.45, 7) is 10.8. The first-order valence-corrected chi connectivity index (χ1v) is 4.02. The van der Waals surface area contributed by atoms with Crippen molar-refractivity contribution >= 4 is 0 Å². The van der Waals surface area contributed by atoms with E-state index in [0.717, 1.165) is 19.4 Å². The predicted octanol–water partition coefficient (Wildman–Crippen LogP) is 2.77. The SMILES string of the molecule is C=CC(CC)(CC)OCC. The van der Waals surface area contributed by atoms with Crippen molar-refractivity contribution in [1.29, 1.82) is 0 Å².